The number of para-hydroxylation sites is 2. The van der Waals surface area contributed by atoms with E-state index in [-0.39, 0.29) is 17.7 Å². The van der Waals surface area contributed by atoms with Crippen LogP contribution in [0.4, 0.5) is 11.4 Å². The minimum atomic E-state index is -0.212. The molecule has 0 radical (unpaired) electrons. The van der Waals surface area contributed by atoms with Crippen LogP contribution in [0.5, 0.6) is 5.75 Å². The molecule has 0 aromatic heterocycles. The number of rotatable bonds is 4. The second-order valence-corrected chi connectivity index (χ2v) is 7.23. The fraction of sp³-hybridized carbons (Fsp3) is 0.316. The number of halogens is 2. The van der Waals surface area contributed by atoms with Crippen LogP contribution >= 0.6 is 23.2 Å². The van der Waals surface area contributed by atoms with E-state index in [1.165, 1.54) is 4.90 Å². The van der Waals surface area contributed by atoms with Crippen molar-refractivity contribution in [3.63, 3.8) is 0 Å². The van der Waals surface area contributed by atoms with Gasteiger partial charge in [-0.25, -0.2) is 0 Å². The molecule has 1 amide bonds. The molecule has 2 aromatic carbocycles. The number of amides is 1. The fourth-order valence-electron chi connectivity index (χ4n) is 3.23. The number of quaternary nitrogens is 1. The van der Waals surface area contributed by atoms with Crippen LogP contribution in [0.3, 0.4) is 0 Å². The highest BCUT2D eigenvalue weighted by Gasteiger charge is 2.30. The third kappa shape index (κ3) is 4.06. The highest BCUT2D eigenvalue weighted by atomic mass is 35.5. The first-order chi connectivity index (χ1) is 12.5. The number of phenolic OH excluding ortho intramolecular Hbond substituents is 1. The van der Waals surface area contributed by atoms with Gasteiger partial charge < -0.3 is 20.2 Å². The standard InChI is InChI=1S/C19H21Cl2N3O2/c1-13(19(26)22-15-6-4-5-14(20)18(15)21)23-9-11-24(12-10-23)16-7-2-3-8-17(16)25/h2-8,13,25H,9-12H2,1H3,(H,22,26)/p+1/t13-/m1/s1. The summed E-state index contributed by atoms with van der Waals surface area (Å²) >= 11 is 12.1. The zero-order chi connectivity index (χ0) is 18.7. The maximum atomic E-state index is 12.6. The Morgan fingerprint density at radius 2 is 1.85 bits per heavy atom. The van der Waals surface area contributed by atoms with E-state index >= 15 is 0 Å². The lowest BCUT2D eigenvalue weighted by Crippen LogP contribution is -3.19. The molecular weight excluding hydrogens is 373 g/mol. The average molecular weight is 395 g/mol. The van der Waals surface area contributed by atoms with Gasteiger partial charge in [-0.15, -0.1) is 0 Å². The second kappa shape index (κ2) is 8.16. The number of piperazine rings is 1. The van der Waals surface area contributed by atoms with E-state index in [1.54, 1.807) is 24.3 Å². The molecule has 0 aliphatic carbocycles. The summed E-state index contributed by atoms with van der Waals surface area (Å²) in [6.45, 7) is 5.10. The number of carbonyl (C=O) groups excluding carboxylic acids is 1. The van der Waals surface area contributed by atoms with Crippen LogP contribution in [0.25, 0.3) is 0 Å². The van der Waals surface area contributed by atoms with Gasteiger partial charge in [0.1, 0.15) is 5.75 Å². The Morgan fingerprint density at radius 3 is 2.54 bits per heavy atom. The molecule has 5 nitrogen and oxygen atoms in total. The number of anilines is 2. The predicted octanol–water partition coefficient (Wildman–Crippen LogP) is 2.43. The van der Waals surface area contributed by atoms with E-state index in [2.05, 4.69) is 10.2 Å². The van der Waals surface area contributed by atoms with Crippen LogP contribution in [0.1, 0.15) is 6.92 Å². The van der Waals surface area contributed by atoms with Crippen LogP contribution in [0.2, 0.25) is 10.0 Å². The summed E-state index contributed by atoms with van der Waals surface area (Å²) in [5.41, 5.74) is 1.37. The van der Waals surface area contributed by atoms with Gasteiger partial charge in [-0.3, -0.25) is 4.79 Å². The molecule has 1 aliphatic heterocycles. The number of phenols is 1. The summed E-state index contributed by atoms with van der Waals surface area (Å²) in [6, 6.07) is 12.3. The van der Waals surface area contributed by atoms with E-state index in [4.69, 9.17) is 23.2 Å². The van der Waals surface area contributed by atoms with Crippen LogP contribution in [-0.4, -0.2) is 43.2 Å². The SMILES string of the molecule is C[C@H](C(=O)Nc1cccc(Cl)c1Cl)[NH+]1CCN(c2ccccc2O)CC1. The molecule has 26 heavy (non-hydrogen) atoms. The zero-order valence-corrected chi connectivity index (χ0v) is 16.0. The topological polar surface area (TPSA) is 57.0 Å². The quantitative estimate of drug-likeness (QED) is 0.746. The van der Waals surface area contributed by atoms with Crippen molar-refractivity contribution >= 4 is 40.5 Å². The van der Waals surface area contributed by atoms with Gasteiger partial charge in [-0.05, 0) is 31.2 Å². The van der Waals surface area contributed by atoms with Gasteiger partial charge in [0.05, 0.1) is 47.6 Å². The summed E-state index contributed by atoms with van der Waals surface area (Å²) in [5.74, 6) is 0.206. The van der Waals surface area contributed by atoms with Crippen molar-refractivity contribution in [1.82, 2.24) is 0 Å². The summed E-state index contributed by atoms with van der Waals surface area (Å²) in [6.07, 6.45) is 0. The van der Waals surface area contributed by atoms with Gasteiger partial charge in [-0.2, -0.15) is 0 Å². The first kappa shape index (κ1) is 18.8. The molecule has 1 saturated heterocycles. The lowest BCUT2D eigenvalue weighted by Gasteiger charge is -2.36. The van der Waals surface area contributed by atoms with Gasteiger partial charge in [0.2, 0.25) is 0 Å². The van der Waals surface area contributed by atoms with E-state index in [1.807, 2.05) is 25.1 Å². The number of hydrogen-bond acceptors (Lipinski definition) is 3. The molecule has 3 rings (SSSR count). The zero-order valence-electron chi connectivity index (χ0n) is 14.5. The van der Waals surface area contributed by atoms with Crippen LogP contribution < -0.4 is 15.1 Å². The Hall–Kier alpha value is -1.95. The molecule has 0 bridgehead atoms. The normalized spacial score (nSPS) is 16.3. The van der Waals surface area contributed by atoms with Crippen molar-refractivity contribution in [1.29, 1.82) is 0 Å². The number of benzene rings is 2. The molecule has 1 aliphatic rings. The third-order valence-electron chi connectivity index (χ3n) is 4.84. The van der Waals surface area contributed by atoms with E-state index in [0.717, 1.165) is 31.9 Å². The van der Waals surface area contributed by atoms with E-state index in [9.17, 15) is 9.90 Å². The van der Waals surface area contributed by atoms with Gasteiger partial charge in [0, 0.05) is 0 Å². The molecule has 7 heteroatoms. The Kier molecular flexibility index (Phi) is 5.91. The minimum Gasteiger partial charge on any atom is -0.506 e. The van der Waals surface area contributed by atoms with E-state index < -0.39 is 0 Å². The fourth-order valence-corrected chi connectivity index (χ4v) is 3.57. The molecule has 0 spiro atoms. The Balaban J connectivity index is 1.59. The van der Waals surface area contributed by atoms with Crippen LogP contribution in [0.15, 0.2) is 42.5 Å². The van der Waals surface area contributed by atoms with E-state index in [0.29, 0.717) is 15.7 Å². The monoisotopic (exact) mass is 394 g/mol. The molecular formula is C19H22Cl2N3O2+. The first-order valence-electron chi connectivity index (χ1n) is 8.59. The van der Waals surface area contributed by atoms with Crippen molar-refractivity contribution in [2.45, 2.75) is 13.0 Å². The molecule has 2 aromatic rings. The minimum absolute atomic E-state index is 0.0832. The van der Waals surface area contributed by atoms with Gasteiger partial charge >= 0.3 is 0 Å². The van der Waals surface area contributed by atoms with Crippen LogP contribution in [0, 0.1) is 0 Å². The van der Waals surface area contributed by atoms with Crippen LogP contribution in [-0.2, 0) is 4.79 Å². The molecule has 1 fully saturated rings. The molecule has 3 N–H and O–H groups in total. The number of nitrogens with zero attached hydrogens (tertiary/aromatic N) is 1. The summed E-state index contributed by atoms with van der Waals surface area (Å²) in [5, 5.41) is 13.6. The predicted molar refractivity (Wildman–Crippen MR) is 106 cm³/mol. The molecule has 1 atom stereocenters. The lowest BCUT2D eigenvalue weighted by molar-refractivity contribution is -0.914. The second-order valence-electron chi connectivity index (χ2n) is 6.45. The number of carbonyl (C=O) groups is 1. The van der Waals surface area contributed by atoms with Crippen molar-refractivity contribution in [3.8, 4) is 5.75 Å². The Morgan fingerprint density at radius 1 is 1.15 bits per heavy atom. The lowest BCUT2D eigenvalue weighted by atomic mass is 10.2. The first-order valence-corrected chi connectivity index (χ1v) is 9.35. The van der Waals surface area contributed by atoms with Gasteiger partial charge in [0.15, 0.2) is 6.04 Å². The highest BCUT2D eigenvalue weighted by Crippen LogP contribution is 2.29. The number of aromatic hydroxyl groups is 1. The third-order valence-corrected chi connectivity index (χ3v) is 5.66. The summed E-state index contributed by atoms with van der Waals surface area (Å²) in [4.78, 5) is 15.9. The molecule has 0 unspecified atom stereocenters. The highest BCUT2D eigenvalue weighted by molar-refractivity contribution is 6.44. The van der Waals surface area contributed by atoms with Crippen molar-refractivity contribution in [3.05, 3.63) is 52.5 Å². The molecule has 0 saturated carbocycles. The van der Waals surface area contributed by atoms with Gasteiger partial charge in [0.25, 0.3) is 5.91 Å². The van der Waals surface area contributed by atoms with Crippen molar-refractivity contribution < 1.29 is 14.8 Å². The smallest absolute Gasteiger partial charge is 0.282 e. The Bertz CT molecular complexity index is 792. The number of hydrogen-bond donors (Lipinski definition) is 3. The Labute approximate surface area is 163 Å². The largest absolute Gasteiger partial charge is 0.506 e. The molecule has 1 heterocycles. The average Bonchev–Trinajstić information content (AvgIpc) is 2.65. The summed E-state index contributed by atoms with van der Waals surface area (Å²) in [7, 11) is 0. The number of nitrogens with one attached hydrogen (secondary N) is 2. The van der Waals surface area contributed by atoms with Crippen molar-refractivity contribution in [2.24, 2.45) is 0 Å². The molecule has 138 valence electrons. The summed E-state index contributed by atoms with van der Waals surface area (Å²) < 4.78 is 0. The maximum absolute atomic E-state index is 12.6. The van der Waals surface area contributed by atoms with Crippen molar-refractivity contribution in [2.75, 3.05) is 36.4 Å². The van der Waals surface area contributed by atoms with Gasteiger partial charge in [-0.1, -0.05) is 41.4 Å². The maximum Gasteiger partial charge on any atom is 0.282 e.